The summed E-state index contributed by atoms with van der Waals surface area (Å²) in [6.45, 7) is 9.82. The summed E-state index contributed by atoms with van der Waals surface area (Å²) in [4.78, 5) is 12.1. The molecule has 1 rings (SSSR count). The second-order valence-corrected chi connectivity index (χ2v) is 6.36. The lowest BCUT2D eigenvalue weighted by Crippen LogP contribution is -2.53. The SMILES string of the molecule is CC(C)[C@](C)(C#N)NC(=O)CNC(C)(C)c1ccccc1. The van der Waals surface area contributed by atoms with Crippen LogP contribution in [-0.2, 0) is 10.3 Å². The molecule has 0 fully saturated rings. The van der Waals surface area contributed by atoms with Gasteiger partial charge in [0.1, 0.15) is 5.54 Å². The topological polar surface area (TPSA) is 64.9 Å². The summed E-state index contributed by atoms with van der Waals surface area (Å²) in [6, 6.07) is 12.1. The average Bonchev–Trinajstić information content (AvgIpc) is 2.46. The molecule has 0 radical (unpaired) electrons. The van der Waals surface area contributed by atoms with E-state index in [9.17, 15) is 10.1 Å². The van der Waals surface area contributed by atoms with Crippen LogP contribution in [0.5, 0.6) is 0 Å². The van der Waals surface area contributed by atoms with E-state index in [0.29, 0.717) is 0 Å². The number of hydrogen-bond acceptors (Lipinski definition) is 3. The number of amides is 1. The van der Waals surface area contributed by atoms with Crippen molar-refractivity contribution >= 4 is 5.91 Å². The second-order valence-electron chi connectivity index (χ2n) is 6.36. The van der Waals surface area contributed by atoms with Crippen molar-refractivity contribution < 1.29 is 4.79 Å². The third kappa shape index (κ3) is 4.57. The molecule has 0 aliphatic heterocycles. The van der Waals surface area contributed by atoms with Crippen LogP contribution < -0.4 is 10.6 Å². The Kier molecular flexibility index (Phi) is 5.51. The molecule has 0 spiro atoms. The molecule has 21 heavy (non-hydrogen) atoms. The zero-order valence-electron chi connectivity index (χ0n) is 13.5. The van der Waals surface area contributed by atoms with Gasteiger partial charge in [-0.05, 0) is 32.3 Å². The zero-order valence-corrected chi connectivity index (χ0v) is 13.5. The van der Waals surface area contributed by atoms with Crippen LogP contribution in [0.4, 0.5) is 0 Å². The summed E-state index contributed by atoms with van der Waals surface area (Å²) in [6.07, 6.45) is 0. The molecule has 0 aromatic heterocycles. The minimum absolute atomic E-state index is 0.0496. The first-order valence-corrected chi connectivity index (χ1v) is 7.24. The van der Waals surface area contributed by atoms with Crippen LogP contribution in [0.3, 0.4) is 0 Å². The lowest BCUT2D eigenvalue weighted by molar-refractivity contribution is -0.122. The maximum Gasteiger partial charge on any atom is 0.235 e. The molecule has 114 valence electrons. The molecule has 0 unspecified atom stereocenters. The maximum atomic E-state index is 12.1. The van der Waals surface area contributed by atoms with Gasteiger partial charge in [0.2, 0.25) is 5.91 Å². The van der Waals surface area contributed by atoms with Gasteiger partial charge in [-0.2, -0.15) is 5.26 Å². The summed E-state index contributed by atoms with van der Waals surface area (Å²) in [5.41, 5.74) is -0.0283. The van der Waals surface area contributed by atoms with E-state index in [1.807, 2.05) is 58.0 Å². The van der Waals surface area contributed by atoms with Crippen LogP contribution in [0.15, 0.2) is 30.3 Å². The standard InChI is InChI=1S/C17H25N3O/c1-13(2)17(5,12-18)20-15(21)11-19-16(3,4)14-9-7-6-8-10-14/h6-10,13,19H,11H2,1-5H3,(H,20,21)/t17-/m0/s1. The Balaban J connectivity index is 2.63. The number of hydrogen-bond donors (Lipinski definition) is 2. The monoisotopic (exact) mass is 287 g/mol. The number of nitriles is 1. The third-order valence-corrected chi connectivity index (χ3v) is 3.97. The quantitative estimate of drug-likeness (QED) is 0.845. The molecule has 2 N–H and O–H groups in total. The minimum atomic E-state index is -0.838. The smallest absolute Gasteiger partial charge is 0.235 e. The predicted octanol–water partition coefficient (Wildman–Crippen LogP) is 2.57. The fraction of sp³-hybridized carbons (Fsp3) is 0.529. The van der Waals surface area contributed by atoms with E-state index in [4.69, 9.17) is 0 Å². The molecule has 1 aromatic rings. The number of benzene rings is 1. The molecule has 1 atom stereocenters. The lowest BCUT2D eigenvalue weighted by Gasteiger charge is -2.30. The van der Waals surface area contributed by atoms with E-state index in [-0.39, 0.29) is 23.9 Å². The normalized spacial score (nSPS) is 14.3. The first-order chi connectivity index (χ1) is 9.71. The van der Waals surface area contributed by atoms with Crippen molar-refractivity contribution in [3.63, 3.8) is 0 Å². The summed E-state index contributed by atoms with van der Waals surface area (Å²) >= 11 is 0. The molecule has 1 amide bonds. The van der Waals surface area contributed by atoms with E-state index >= 15 is 0 Å². The van der Waals surface area contributed by atoms with Gasteiger partial charge < -0.3 is 5.32 Å². The molecule has 0 aliphatic carbocycles. The van der Waals surface area contributed by atoms with Crippen LogP contribution in [0.1, 0.15) is 40.2 Å². The Labute approximate surface area is 127 Å². The van der Waals surface area contributed by atoms with Crippen molar-refractivity contribution in [2.24, 2.45) is 5.92 Å². The number of nitrogens with zero attached hydrogens (tertiary/aromatic N) is 1. The molecular formula is C17H25N3O. The first kappa shape index (κ1) is 17.2. The zero-order chi connectivity index (χ0) is 16.1. The number of carbonyl (C=O) groups is 1. The molecule has 0 heterocycles. The highest BCUT2D eigenvalue weighted by molar-refractivity contribution is 5.79. The molecule has 0 aliphatic rings. The summed E-state index contributed by atoms with van der Waals surface area (Å²) in [5, 5.41) is 15.3. The molecule has 4 heteroatoms. The fourth-order valence-electron chi connectivity index (χ4n) is 1.89. The van der Waals surface area contributed by atoms with Gasteiger partial charge in [-0.25, -0.2) is 0 Å². The lowest BCUT2D eigenvalue weighted by atomic mass is 9.90. The number of rotatable bonds is 6. The highest BCUT2D eigenvalue weighted by Crippen LogP contribution is 2.19. The van der Waals surface area contributed by atoms with Gasteiger partial charge in [-0.15, -0.1) is 0 Å². The Morgan fingerprint density at radius 3 is 2.29 bits per heavy atom. The summed E-state index contributed by atoms with van der Waals surface area (Å²) in [7, 11) is 0. The van der Waals surface area contributed by atoms with Crippen molar-refractivity contribution in [1.82, 2.24) is 10.6 Å². The van der Waals surface area contributed by atoms with Crippen LogP contribution >= 0.6 is 0 Å². The summed E-state index contributed by atoms with van der Waals surface area (Å²) in [5.74, 6) is -0.120. The Hall–Kier alpha value is -1.86. The largest absolute Gasteiger partial charge is 0.337 e. The minimum Gasteiger partial charge on any atom is -0.337 e. The van der Waals surface area contributed by atoms with E-state index < -0.39 is 5.54 Å². The first-order valence-electron chi connectivity index (χ1n) is 7.24. The number of nitrogens with one attached hydrogen (secondary N) is 2. The van der Waals surface area contributed by atoms with Gasteiger partial charge in [0.15, 0.2) is 0 Å². The Morgan fingerprint density at radius 1 is 1.24 bits per heavy atom. The summed E-state index contributed by atoms with van der Waals surface area (Å²) < 4.78 is 0. The fourth-order valence-corrected chi connectivity index (χ4v) is 1.89. The van der Waals surface area contributed by atoms with Crippen molar-refractivity contribution in [2.75, 3.05) is 6.54 Å². The molecule has 0 bridgehead atoms. The predicted molar refractivity (Wildman–Crippen MR) is 84.5 cm³/mol. The van der Waals surface area contributed by atoms with Gasteiger partial charge in [0.25, 0.3) is 0 Å². The highest BCUT2D eigenvalue weighted by atomic mass is 16.2. The Morgan fingerprint density at radius 2 is 1.81 bits per heavy atom. The van der Waals surface area contributed by atoms with E-state index in [1.165, 1.54) is 0 Å². The average molecular weight is 287 g/mol. The van der Waals surface area contributed by atoms with Crippen LogP contribution in [0, 0.1) is 17.2 Å². The third-order valence-electron chi connectivity index (χ3n) is 3.97. The van der Waals surface area contributed by atoms with Gasteiger partial charge >= 0.3 is 0 Å². The molecule has 0 saturated carbocycles. The van der Waals surface area contributed by atoms with Crippen molar-refractivity contribution in [1.29, 1.82) is 5.26 Å². The molecule has 1 aromatic carbocycles. The molecular weight excluding hydrogens is 262 g/mol. The van der Waals surface area contributed by atoms with Gasteiger partial charge in [-0.1, -0.05) is 44.2 Å². The van der Waals surface area contributed by atoms with Crippen molar-refractivity contribution in [2.45, 2.75) is 45.7 Å². The van der Waals surface area contributed by atoms with Crippen LogP contribution in [-0.4, -0.2) is 18.0 Å². The highest BCUT2D eigenvalue weighted by Gasteiger charge is 2.30. The van der Waals surface area contributed by atoms with Crippen molar-refractivity contribution in [3.8, 4) is 6.07 Å². The van der Waals surface area contributed by atoms with Gasteiger partial charge in [0, 0.05) is 5.54 Å². The number of carbonyl (C=O) groups excluding carboxylic acids is 1. The van der Waals surface area contributed by atoms with E-state index in [0.717, 1.165) is 5.56 Å². The van der Waals surface area contributed by atoms with E-state index in [1.54, 1.807) is 6.92 Å². The van der Waals surface area contributed by atoms with Gasteiger partial charge in [-0.3, -0.25) is 10.1 Å². The molecule has 4 nitrogen and oxygen atoms in total. The maximum absolute atomic E-state index is 12.1. The van der Waals surface area contributed by atoms with Crippen LogP contribution in [0.2, 0.25) is 0 Å². The second kappa shape index (κ2) is 6.73. The molecule has 0 saturated heterocycles. The van der Waals surface area contributed by atoms with Crippen molar-refractivity contribution in [3.05, 3.63) is 35.9 Å². The Bertz CT molecular complexity index is 517. The van der Waals surface area contributed by atoms with E-state index in [2.05, 4.69) is 16.7 Å². The van der Waals surface area contributed by atoms with Crippen LogP contribution in [0.25, 0.3) is 0 Å². The van der Waals surface area contributed by atoms with Gasteiger partial charge in [0.05, 0.1) is 12.6 Å².